The highest BCUT2D eigenvalue weighted by Gasteiger charge is 2.47. The van der Waals surface area contributed by atoms with Gasteiger partial charge in [0.1, 0.15) is 11.4 Å². The Balaban J connectivity index is 2.25. The molecule has 1 aromatic carbocycles. The third-order valence-corrected chi connectivity index (χ3v) is 4.07. The Morgan fingerprint density at radius 2 is 2.00 bits per heavy atom. The van der Waals surface area contributed by atoms with Crippen molar-refractivity contribution in [2.75, 3.05) is 19.0 Å². The zero-order valence-electron chi connectivity index (χ0n) is 13.3. The van der Waals surface area contributed by atoms with Gasteiger partial charge in [-0.05, 0) is 50.8 Å². The predicted molar refractivity (Wildman–Crippen MR) is 79.4 cm³/mol. The summed E-state index contributed by atoms with van der Waals surface area (Å²) in [5.74, 6) is -0.605. The number of hydrogen-bond acceptors (Lipinski definition) is 3. The van der Waals surface area contributed by atoms with E-state index in [2.05, 4.69) is 5.32 Å². The Kier molecular flexibility index (Phi) is 4.89. The van der Waals surface area contributed by atoms with Gasteiger partial charge in [-0.3, -0.25) is 4.79 Å². The third-order valence-electron chi connectivity index (χ3n) is 4.07. The van der Waals surface area contributed by atoms with Gasteiger partial charge >= 0.3 is 6.18 Å². The zero-order chi connectivity index (χ0) is 17.3. The largest absolute Gasteiger partial charge is 0.493 e. The number of halogens is 3. The molecule has 1 saturated carbocycles. The van der Waals surface area contributed by atoms with E-state index in [-0.39, 0.29) is 24.0 Å². The molecule has 1 aromatic rings. The number of nitrogens with one attached hydrogen (secondary N) is 1. The van der Waals surface area contributed by atoms with Crippen molar-refractivity contribution in [1.29, 1.82) is 0 Å². The number of anilines is 1. The molecule has 0 saturated heterocycles. The lowest BCUT2D eigenvalue weighted by atomic mass is 9.99. The van der Waals surface area contributed by atoms with Crippen LogP contribution in [0.4, 0.5) is 18.9 Å². The second-order valence-corrected chi connectivity index (χ2v) is 5.68. The van der Waals surface area contributed by atoms with E-state index < -0.39 is 23.2 Å². The van der Waals surface area contributed by atoms with Crippen molar-refractivity contribution >= 4 is 11.6 Å². The highest BCUT2D eigenvalue weighted by atomic mass is 19.4. The molecule has 7 heteroatoms. The second kappa shape index (κ2) is 6.39. The van der Waals surface area contributed by atoms with Crippen LogP contribution in [-0.4, -0.2) is 25.2 Å². The molecule has 0 radical (unpaired) electrons. The quantitative estimate of drug-likeness (QED) is 0.861. The van der Waals surface area contributed by atoms with Gasteiger partial charge in [-0.2, -0.15) is 13.2 Å². The number of ether oxygens (including phenoxy) is 2. The molecule has 23 heavy (non-hydrogen) atoms. The smallest absolute Gasteiger partial charge is 0.420 e. The summed E-state index contributed by atoms with van der Waals surface area (Å²) in [6.07, 6.45) is -2.82. The molecule has 0 bridgehead atoms. The summed E-state index contributed by atoms with van der Waals surface area (Å²) in [5, 5.41) is 2.52. The fraction of sp³-hybridized carbons (Fsp3) is 0.562. The van der Waals surface area contributed by atoms with E-state index in [0.29, 0.717) is 0 Å². The predicted octanol–water partition coefficient (Wildman–Crippen LogP) is 3.86. The van der Waals surface area contributed by atoms with Gasteiger partial charge in [0.25, 0.3) is 5.91 Å². The average Bonchev–Trinajstić information content (AvgIpc) is 3.32. The monoisotopic (exact) mass is 331 g/mol. The minimum atomic E-state index is -4.56. The van der Waals surface area contributed by atoms with Gasteiger partial charge < -0.3 is 14.8 Å². The van der Waals surface area contributed by atoms with E-state index in [1.54, 1.807) is 13.8 Å². The van der Waals surface area contributed by atoms with Gasteiger partial charge in [0, 0.05) is 12.8 Å². The maximum atomic E-state index is 13.1. The molecule has 0 aromatic heterocycles. The molecule has 1 fully saturated rings. The van der Waals surface area contributed by atoms with E-state index in [1.165, 1.54) is 19.2 Å². The van der Waals surface area contributed by atoms with Crippen LogP contribution in [0.2, 0.25) is 0 Å². The second-order valence-electron chi connectivity index (χ2n) is 5.68. The fourth-order valence-electron chi connectivity index (χ4n) is 2.44. The summed E-state index contributed by atoms with van der Waals surface area (Å²) < 4.78 is 49.6. The summed E-state index contributed by atoms with van der Waals surface area (Å²) >= 11 is 0. The van der Waals surface area contributed by atoms with Crippen molar-refractivity contribution in [3.63, 3.8) is 0 Å². The van der Waals surface area contributed by atoms with E-state index in [9.17, 15) is 18.0 Å². The zero-order valence-corrected chi connectivity index (χ0v) is 13.3. The Labute approximate surface area is 133 Å². The maximum Gasteiger partial charge on any atom is 0.420 e. The van der Waals surface area contributed by atoms with Crippen LogP contribution in [0.3, 0.4) is 0 Å². The van der Waals surface area contributed by atoms with Crippen LogP contribution in [0.25, 0.3) is 0 Å². The van der Waals surface area contributed by atoms with Crippen molar-refractivity contribution in [3.05, 3.63) is 23.8 Å². The van der Waals surface area contributed by atoms with E-state index >= 15 is 0 Å². The van der Waals surface area contributed by atoms with Gasteiger partial charge in [0.05, 0.1) is 12.2 Å². The summed E-state index contributed by atoms with van der Waals surface area (Å²) in [4.78, 5) is 12.4. The number of amides is 1. The normalized spacial score (nSPS) is 17.5. The molecule has 1 aliphatic carbocycles. The molecule has 1 N–H and O–H groups in total. The topological polar surface area (TPSA) is 47.6 Å². The Morgan fingerprint density at radius 1 is 1.35 bits per heavy atom. The highest BCUT2D eigenvalue weighted by Crippen LogP contribution is 2.42. The third kappa shape index (κ3) is 3.77. The first-order chi connectivity index (χ1) is 10.7. The molecule has 0 spiro atoms. The summed E-state index contributed by atoms with van der Waals surface area (Å²) in [5.41, 5.74) is -1.88. The van der Waals surface area contributed by atoms with Crippen molar-refractivity contribution in [2.24, 2.45) is 5.92 Å². The Hall–Kier alpha value is -1.76. The number of carbonyl (C=O) groups is 1. The molecule has 0 heterocycles. The Morgan fingerprint density at radius 3 is 2.48 bits per heavy atom. The summed E-state index contributed by atoms with van der Waals surface area (Å²) in [6.45, 7) is 3.38. The van der Waals surface area contributed by atoms with Crippen LogP contribution in [0, 0.1) is 5.92 Å². The van der Waals surface area contributed by atoms with Crippen molar-refractivity contribution in [1.82, 2.24) is 0 Å². The summed E-state index contributed by atoms with van der Waals surface area (Å²) in [7, 11) is 1.43. The van der Waals surface area contributed by atoms with Crippen molar-refractivity contribution in [2.45, 2.75) is 38.5 Å². The van der Waals surface area contributed by atoms with E-state index in [4.69, 9.17) is 9.47 Å². The van der Waals surface area contributed by atoms with Gasteiger partial charge in [-0.15, -0.1) is 0 Å². The van der Waals surface area contributed by atoms with Crippen molar-refractivity contribution < 1.29 is 27.4 Å². The first-order valence-electron chi connectivity index (χ1n) is 7.43. The standard InChI is InChI=1S/C16H20F3NO3/c1-4-23-13-8-7-11(9-12(13)16(17,18)19)20-14(21)15(2,22-3)10-5-6-10/h7-10H,4-6H2,1-3H3,(H,20,21). The lowest BCUT2D eigenvalue weighted by Crippen LogP contribution is -2.44. The first kappa shape index (κ1) is 17.6. The van der Waals surface area contributed by atoms with Gasteiger partial charge in [-0.1, -0.05) is 0 Å². The molecular formula is C16H20F3NO3. The van der Waals surface area contributed by atoms with Crippen LogP contribution >= 0.6 is 0 Å². The molecule has 1 aliphatic rings. The van der Waals surface area contributed by atoms with Crippen LogP contribution < -0.4 is 10.1 Å². The average molecular weight is 331 g/mol. The molecule has 1 amide bonds. The van der Waals surface area contributed by atoms with Gasteiger partial charge in [-0.25, -0.2) is 0 Å². The van der Waals surface area contributed by atoms with Crippen LogP contribution in [0.5, 0.6) is 5.75 Å². The van der Waals surface area contributed by atoms with E-state index in [0.717, 1.165) is 18.9 Å². The minimum absolute atomic E-state index is 0.0645. The SMILES string of the molecule is CCOc1ccc(NC(=O)C(C)(OC)C2CC2)cc1C(F)(F)F. The molecule has 1 atom stereocenters. The number of alkyl halides is 3. The summed E-state index contributed by atoms with van der Waals surface area (Å²) in [6, 6.07) is 3.48. The molecular weight excluding hydrogens is 311 g/mol. The first-order valence-corrected chi connectivity index (χ1v) is 7.43. The van der Waals surface area contributed by atoms with Crippen LogP contribution in [0.1, 0.15) is 32.3 Å². The van der Waals surface area contributed by atoms with Crippen LogP contribution in [0.15, 0.2) is 18.2 Å². The molecule has 1 unspecified atom stereocenters. The van der Waals surface area contributed by atoms with Gasteiger partial charge in [0.2, 0.25) is 0 Å². The minimum Gasteiger partial charge on any atom is -0.493 e. The lowest BCUT2D eigenvalue weighted by molar-refractivity contribution is -0.139. The number of carbonyl (C=O) groups excluding carboxylic acids is 1. The van der Waals surface area contributed by atoms with Crippen molar-refractivity contribution in [3.8, 4) is 5.75 Å². The number of methoxy groups -OCH3 is 1. The molecule has 2 rings (SSSR count). The van der Waals surface area contributed by atoms with E-state index in [1.807, 2.05) is 0 Å². The fourth-order valence-corrected chi connectivity index (χ4v) is 2.44. The Bertz CT molecular complexity index is 584. The number of rotatable bonds is 6. The number of hydrogen-bond donors (Lipinski definition) is 1. The molecule has 128 valence electrons. The van der Waals surface area contributed by atoms with Crippen LogP contribution in [-0.2, 0) is 15.7 Å². The van der Waals surface area contributed by atoms with Gasteiger partial charge in [0.15, 0.2) is 0 Å². The molecule has 4 nitrogen and oxygen atoms in total. The molecule has 0 aliphatic heterocycles. The maximum absolute atomic E-state index is 13.1. The lowest BCUT2D eigenvalue weighted by Gasteiger charge is -2.27. The number of benzene rings is 1. The highest BCUT2D eigenvalue weighted by molar-refractivity contribution is 5.97.